The molecule has 0 bridgehead atoms. The minimum atomic E-state index is -1.15. The van der Waals surface area contributed by atoms with Gasteiger partial charge in [0.2, 0.25) is 5.95 Å². The molecule has 2 aromatic heterocycles. The molecule has 0 atom stereocenters. The van der Waals surface area contributed by atoms with E-state index in [1.54, 1.807) is 0 Å². The Kier molecular flexibility index (Phi) is 5.73. The standard InChI is InChI=1S/C19H18F2N6O5/c1-31-14-3-13(29)16(20)11(17(14)21)8-32-10-4-22-19(23-5-10)24-15-2-12(25-26-15)18(30)27-6-9(28)7-27/h2-5,9,28-29H,6-8H2,1H3,(H2,22,23,24,25,26). The number of carbonyl (C=O) groups excluding carboxylic acids is 1. The van der Waals surface area contributed by atoms with Crippen LogP contribution >= 0.6 is 0 Å². The topological polar surface area (TPSA) is 146 Å². The van der Waals surface area contributed by atoms with Gasteiger partial charge in [-0.15, -0.1) is 0 Å². The highest BCUT2D eigenvalue weighted by atomic mass is 19.1. The number of hydrogen-bond acceptors (Lipinski definition) is 9. The van der Waals surface area contributed by atoms with Gasteiger partial charge in [-0.25, -0.2) is 18.7 Å². The molecule has 1 saturated heterocycles. The number of carbonyl (C=O) groups is 1. The van der Waals surface area contributed by atoms with Crippen molar-refractivity contribution >= 4 is 17.7 Å². The number of aliphatic hydroxyl groups is 1. The highest BCUT2D eigenvalue weighted by Gasteiger charge is 2.30. The number of phenols is 1. The molecule has 3 heterocycles. The molecular weight excluding hydrogens is 430 g/mol. The quantitative estimate of drug-likeness (QED) is 0.420. The van der Waals surface area contributed by atoms with Crippen LogP contribution in [0.3, 0.4) is 0 Å². The molecule has 1 fully saturated rings. The van der Waals surface area contributed by atoms with Crippen LogP contribution in [0.2, 0.25) is 0 Å². The number of aliphatic hydroxyl groups excluding tert-OH is 1. The van der Waals surface area contributed by atoms with Crippen LogP contribution in [-0.2, 0) is 6.61 Å². The van der Waals surface area contributed by atoms with E-state index in [0.29, 0.717) is 5.82 Å². The van der Waals surface area contributed by atoms with E-state index in [1.807, 2.05) is 0 Å². The Labute approximate surface area is 179 Å². The number of hydrogen-bond donors (Lipinski definition) is 4. The Morgan fingerprint density at radius 2 is 2.00 bits per heavy atom. The van der Waals surface area contributed by atoms with Gasteiger partial charge in [0.1, 0.15) is 12.4 Å². The van der Waals surface area contributed by atoms with Crippen molar-refractivity contribution in [3.63, 3.8) is 0 Å². The lowest BCUT2D eigenvalue weighted by Crippen LogP contribution is -2.53. The average Bonchev–Trinajstić information content (AvgIpc) is 3.23. The number of halogens is 2. The molecule has 0 spiro atoms. The second-order valence-electron chi connectivity index (χ2n) is 6.89. The number of nitrogens with zero attached hydrogens (tertiary/aromatic N) is 4. The molecular formula is C19H18F2N6O5. The number of anilines is 2. The molecule has 4 N–H and O–H groups in total. The third kappa shape index (κ3) is 4.23. The molecule has 13 heteroatoms. The number of aromatic nitrogens is 4. The highest BCUT2D eigenvalue weighted by Crippen LogP contribution is 2.31. The molecule has 0 radical (unpaired) electrons. The molecule has 0 saturated carbocycles. The van der Waals surface area contributed by atoms with Crippen LogP contribution in [0.1, 0.15) is 16.1 Å². The normalized spacial score (nSPS) is 13.6. The van der Waals surface area contributed by atoms with E-state index < -0.39 is 35.7 Å². The third-order valence-corrected chi connectivity index (χ3v) is 4.66. The minimum Gasteiger partial charge on any atom is -0.505 e. The Balaban J connectivity index is 1.37. The fourth-order valence-corrected chi connectivity index (χ4v) is 2.94. The summed E-state index contributed by atoms with van der Waals surface area (Å²) in [5.74, 6) is -2.91. The fourth-order valence-electron chi connectivity index (χ4n) is 2.94. The van der Waals surface area contributed by atoms with Gasteiger partial charge in [0.05, 0.1) is 31.2 Å². The summed E-state index contributed by atoms with van der Waals surface area (Å²) in [6.07, 6.45) is 2.04. The zero-order chi connectivity index (χ0) is 22.8. The maximum Gasteiger partial charge on any atom is 0.274 e. The van der Waals surface area contributed by atoms with Crippen molar-refractivity contribution in [2.75, 3.05) is 25.5 Å². The molecule has 11 nitrogen and oxygen atoms in total. The van der Waals surface area contributed by atoms with Crippen molar-refractivity contribution in [1.29, 1.82) is 0 Å². The number of likely N-dealkylation sites (tertiary alicyclic amines) is 1. The first-order chi connectivity index (χ1) is 15.4. The Morgan fingerprint density at radius 3 is 2.66 bits per heavy atom. The molecule has 4 rings (SSSR count). The van der Waals surface area contributed by atoms with Crippen LogP contribution in [0, 0.1) is 11.6 Å². The number of methoxy groups -OCH3 is 1. The first-order valence-electron chi connectivity index (χ1n) is 9.34. The number of phenolic OH excluding ortho intramolecular Hbond substituents is 1. The van der Waals surface area contributed by atoms with Gasteiger partial charge in [-0.2, -0.15) is 5.10 Å². The van der Waals surface area contributed by atoms with Crippen molar-refractivity contribution < 1.29 is 33.3 Å². The molecule has 168 valence electrons. The van der Waals surface area contributed by atoms with E-state index in [-0.39, 0.29) is 42.1 Å². The number of β-amino-alcohol motifs (C(OH)–C–C–N with tert-alkyl or cyclic N) is 1. The largest absolute Gasteiger partial charge is 0.505 e. The van der Waals surface area contributed by atoms with Gasteiger partial charge < -0.3 is 29.9 Å². The van der Waals surface area contributed by atoms with Crippen LogP contribution < -0.4 is 14.8 Å². The van der Waals surface area contributed by atoms with Crippen molar-refractivity contribution in [3.05, 3.63) is 47.4 Å². The van der Waals surface area contributed by atoms with Gasteiger partial charge >= 0.3 is 0 Å². The van der Waals surface area contributed by atoms with E-state index >= 15 is 0 Å². The summed E-state index contributed by atoms with van der Waals surface area (Å²) in [5, 5.41) is 28.2. The zero-order valence-electron chi connectivity index (χ0n) is 16.7. The predicted octanol–water partition coefficient (Wildman–Crippen LogP) is 1.33. The molecule has 3 aromatic rings. The molecule has 0 unspecified atom stereocenters. The van der Waals surface area contributed by atoms with Gasteiger partial charge in [0, 0.05) is 25.2 Å². The minimum absolute atomic E-state index is 0.119. The Hall–Kier alpha value is -4.00. The van der Waals surface area contributed by atoms with Gasteiger partial charge in [0.25, 0.3) is 5.91 Å². The van der Waals surface area contributed by atoms with Crippen LogP contribution in [-0.4, -0.2) is 67.5 Å². The number of aromatic amines is 1. The highest BCUT2D eigenvalue weighted by molar-refractivity contribution is 5.93. The van der Waals surface area contributed by atoms with Crippen LogP contribution in [0.5, 0.6) is 17.2 Å². The lowest BCUT2D eigenvalue weighted by molar-refractivity contribution is 0.00550. The van der Waals surface area contributed by atoms with Gasteiger partial charge in [-0.1, -0.05) is 0 Å². The number of H-pyrrole nitrogens is 1. The first-order valence-corrected chi connectivity index (χ1v) is 9.34. The second kappa shape index (κ2) is 8.63. The van der Waals surface area contributed by atoms with Crippen molar-refractivity contribution in [1.82, 2.24) is 25.1 Å². The summed E-state index contributed by atoms with van der Waals surface area (Å²) in [6.45, 7) is 0.000192. The summed E-state index contributed by atoms with van der Waals surface area (Å²) in [5.41, 5.74) is -0.335. The van der Waals surface area contributed by atoms with Crippen molar-refractivity contribution in [2.24, 2.45) is 0 Å². The lowest BCUT2D eigenvalue weighted by atomic mass is 10.1. The number of ether oxygens (including phenoxy) is 2. The summed E-state index contributed by atoms with van der Waals surface area (Å²) < 4.78 is 38.3. The van der Waals surface area contributed by atoms with E-state index in [9.17, 15) is 23.8 Å². The van der Waals surface area contributed by atoms with E-state index in [4.69, 9.17) is 9.47 Å². The van der Waals surface area contributed by atoms with E-state index in [1.165, 1.54) is 30.5 Å². The van der Waals surface area contributed by atoms with Crippen LogP contribution in [0.25, 0.3) is 0 Å². The molecule has 32 heavy (non-hydrogen) atoms. The Morgan fingerprint density at radius 1 is 1.28 bits per heavy atom. The fraction of sp³-hybridized carbons (Fsp3) is 0.263. The predicted molar refractivity (Wildman–Crippen MR) is 105 cm³/mol. The maximum absolute atomic E-state index is 14.2. The summed E-state index contributed by atoms with van der Waals surface area (Å²) in [4.78, 5) is 21.7. The molecule has 1 amide bonds. The molecule has 1 aliphatic rings. The van der Waals surface area contributed by atoms with Gasteiger partial charge in [-0.3, -0.25) is 9.89 Å². The third-order valence-electron chi connectivity index (χ3n) is 4.66. The molecule has 0 aliphatic carbocycles. The maximum atomic E-state index is 14.2. The first kappa shape index (κ1) is 21.2. The monoisotopic (exact) mass is 448 g/mol. The zero-order valence-corrected chi connectivity index (χ0v) is 16.7. The number of nitrogens with one attached hydrogen (secondary N) is 2. The van der Waals surface area contributed by atoms with Crippen LogP contribution in [0.4, 0.5) is 20.5 Å². The van der Waals surface area contributed by atoms with Gasteiger partial charge in [0.15, 0.2) is 34.6 Å². The van der Waals surface area contributed by atoms with Gasteiger partial charge in [-0.05, 0) is 0 Å². The SMILES string of the molecule is COc1cc(O)c(F)c(COc2cnc(Nc3cc(C(=O)N4CC(O)C4)n[nH]3)nc2)c1F. The summed E-state index contributed by atoms with van der Waals surface area (Å²) >= 11 is 0. The van der Waals surface area contributed by atoms with E-state index in [2.05, 4.69) is 25.5 Å². The summed E-state index contributed by atoms with van der Waals surface area (Å²) in [7, 11) is 1.19. The van der Waals surface area contributed by atoms with Crippen LogP contribution in [0.15, 0.2) is 24.5 Å². The molecule has 1 aliphatic heterocycles. The number of amides is 1. The average molecular weight is 448 g/mol. The number of aromatic hydroxyl groups is 1. The van der Waals surface area contributed by atoms with Crippen molar-refractivity contribution in [3.8, 4) is 17.2 Å². The molecule has 1 aromatic carbocycles. The van der Waals surface area contributed by atoms with Crippen molar-refractivity contribution in [2.45, 2.75) is 12.7 Å². The smallest absolute Gasteiger partial charge is 0.274 e. The lowest BCUT2D eigenvalue weighted by Gasteiger charge is -2.35. The van der Waals surface area contributed by atoms with E-state index in [0.717, 1.165) is 6.07 Å². The number of rotatable bonds is 7. The number of benzene rings is 1. The summed E-state index contributed by atoms with van der Waals surface area (Å²) in [6, 6.07) is 2.31. The Bertz CT molecular complexity index is 1130. The second-order valence-corrected chi connectivity index (χ2v) is 6.89.